The maximum Gasteiger partial charge on any atom is 0.224 e. The maximum atomic E-state index is 12.3. The number of hydrogen-bond donors (Lipinski definition) is 1. The van der Waals surface area contributed by atoms with Gasteiger partial charge in [-0.05, 0) is 18.6 Å². The Balaban J connectivity index is 1.44. The molecule has 0 aliphatic rings. The van der Waals surface area contributed by atoms with E-state index < -0.39 is 0 Å². The highest BCUT2D eigenvalue weighted by Gasteiger charge is 2.11. The normalized spacial score (nSPS) is 10.9. The summed E-state index contributed by atoms with van der Waals surface area (Å²) in [6.45, 7) is 0. The Morgan fingerprint density at radius 1 is 1.19 bits per heavy atom. The molecule has 27 heavy (non-hydrogen) atoms. The number of benzene rings is 2. The van der Waals surface area contributed by atoms with Crippen LogP contribution >= 0.6 is 11.3 Å². The van der Waals surface area contributed by atoms with E-state index in [1.165, 1.54) is 0 Å². The van der Waals surface area contributed by atoms with Gasteiger partial charge < -0.3 is 10.1 Å². The van der Waals surface area contributed by atoms with E-state index in [4.69, 9.17) is 4.74 Å². The molecule has 0 aliphatic carbocycles. The average Bonchev–Trinajstić information content (AvgIpc) is 3.28. The molecule has 0 spiro atoms. The molecule has 5 nitrogen and oxygen atoms in total. The minimum absolute atomic E-state index is 0.0222. The highest BCUT2D eigenvalue weighted by Crippen LogP contribution is 2.24. The van der Waals surface area contributed by atoms with Crippen LogP contribution in [0.4, 0.5) is 5.69 Å². The molecule has 0 saturated heterocycles. The summed E-state index contributed by atoms with van der Waals surface area (Å²) in [5, 5.41) is 4.98. The van der Waals surface area contributed by atoms with Gasteiger partial charge in [0.15, 0.2) is 4.96 Å². The highest BCUT2D eigenvalue weighted by atomic mass is 32.1. The molecule has 2 aromatic carbocycles. The molecule has 0 atom stereocenters. The third-order valence-corrected chi connectivity index (χ3v) is 5.20. The summed E-state index contributed by atoms with van der Waals surface area (Å²) in [7, 11) is 1.61. The molecule has 1 amide bonds. The average molecular weight is 377 g/mol. The molecule has 136 valence electrons. The van der Waals surface area contributed by atoms with Crippen LogP contribution in [-0.4, -0.2) is 22.4 Å². The monoisotopic (exact) mass is 377 g/mol. The summed E-state index contributed by atoms with van der Waals surface area (Å²) >= 11 is 1.59. The van der Waals surface area contributed by atoms with E-state index in [1.54, 1.807) is 18.4 Å². The Morgan fingerprint density at radius 3 is 2.85 bits per heavy atom. The van der Waals surface area contributed by atoms with Gasteiger partial charge in [0.2, 0.25) is 5.91 Å². The smallest absolute Gasteiger partial charge is 0.224 e. The molecule has 4 aromatic rings. The van der Waals surface area contributed by atoms with Gasteiger partial charge in [0.25, 0.3) is 0 Å². The van der Waals surface area contributed by atoms with Crippen molar-refractivity contribution in [2.45, 2.75) is 12.8 Å². The van der Waals surface area contributed by atoms with Crippen LogP contribution in [-0.2, 0) is 11.2 Å². The van der Waals surface area contributed by atoms with Crippen molar-refractivity contribution >= 4 is 27.9 Å². The number of ether oxygens (including phenoxy) is 1. The second-order valence-corrected chi connectivity index (χ2v) is 6.99. The Bertz CT molecular complexity index is 1070. The van der Waals surface area contributed by atoms with Crippen molar-refractivity contribution in [1.82, 2.24) is 9.38 Å². The van der Waals surface area contributed by atoms with Crippen LogP contribution in [0.3, 0.4) is 0 Å². The first-order chi connectivity index (χ1) is 13.2. The Kier molecular flexibility index (Phi) is 4.89. The maximum absolute atomic E-state index is 12.3. The zero-order chi connectivity index (χ0) is 18.6. The van der Waals surface area contributed by atoms with Gasteiger partial charge >= 0.3 is 0 Å². The minimum atomic E-state index is -0.0222. The number of imidazole rings is 1. The van der Waals surface area contributed by atoms with Gasteiger partial charge in [-0.25, -0.2) is 4.98 Å². The van der Waals surface area contributed by atoms with Gasteiger partial charge in [0.1, 0.15) is 5.75 Å². The number of amides is 1. The first-order valence-corrected chi connectivity index (χ1v) is 9.56. The van der Waals surface area contributed by atoms with Crippen molar-refractivity contribution < 1.29 is 9.53 Å². The number of thiazole rings is 1. The van der Waals surface area contributed by atoms with E-state index in [9.17, 15) is 4.79 Å². The van der Waals surface area contributed by atoms with Gasteiger partial charge in [-0.1, -0.05) is 36.4 Å². The van der Waals surface area contributed by atoms with Crippen molar-refractivity contribution in [3.8, 4) is 17.0 Å². The SMILES string of the molecule is COc1cccc(NC(=O)CCc2csc3nc(-c4ccccc4)cn23)c1. The Hall–Kier alpha value is -3.12. The van der Waals surface area contributed by atoms with Crippen molar-refractivity contribution in [2.75, 3.05) is 12.4 Å². The lowest BCUT2D eigenvalue weighted by molar-refractivity contribution is -0.116. The molecule has 0 aliphatic heterocycles. The number of aromatic nitrogens is 2. The first kappa shape index (κ1) is 17.3. The van der Waals surface area contributed by atoms with Crippen LogP contribution in [0.15, 0.2) is 66.2 Å². The zero-order valence-corrected chi connectivity index (χ0v) is 15.7. The molecular formula is C21H19N3O2S. The predicted octanol–water partition coefficient (Wildman–Crippen LogP) is 4.64. The van der Waals surface area contributed by atoms with Crippen LogP contribution < -0.4 is 10.1 Å². The number of nitrogens with zero attached hydrogens (tertiary/aromatic N) is 2. The summed E-state index contributed by atoms with van der Waals surface area (Å²) in [6.07, 6.45) is 3.10. The molecule has 4 rings (SSSR count). The van der Waals surface area contributed by atoms with Gasteiger partial charge in [0.05, 0.1) is 12.8 Å². The number of fused-ring (bicyclic) bond motifs is 1. The number of methoxy groups -OCH3 is 1. The Labute approximate surface area is 161 Å². The fourth-order valence-corrected chi connectivity index (χ4v) is 3.83. The molecule has 6 heteroatoms. The zero-order valence-electron chi connectivity index (χ0n) is 14.9. The van der Waals surface area contributed by atoms with E-state index in [0.29, 0.717) is 12.8 Å². The van der Waals surface area contributed by atoms with Gasteiger partial charge in [-0.2, -0.15) is 0 Å². The molecular weight excluding hydrogens is 358 g/mol. The quantitative estimate of drug-likeness (QED) is 0.532. The number of carbonyl (C=O) groups excluding carboxylic acids is 1. The number of aryl methyl sites for hydroxylation is 1. The minimum Gasteiger partial charge on any atom is -0.497 e. The summed E-state index contributed by atoms with van der Waals surface area (Å²) < 4.78 is 7.26. The van der Waals surface area contributed by atoms with Gasteiger partial charge in [-0.15, -0.1) is 11.3 Å². The summed E-state index contributed by atoms with van der Waals surface area (Å²) in [5.41, 5.74) is 3.87. The van der Waals surface area contributed by atoms with Crippen LogP contribution in [0.1, 0.15) is 12.1 Å². The molecule has 0 saturated carbocycles. The van der Waals surface area contributed by atoms with E-state index in [0.717, 1.165) is 33.3 Å². The molecule has 0 bridgehead atoms. The van der Waals surface area contributed by atoms with Crippen LogP contribution in [0.5, 0.6) is 5.75 Å². The van der Waals surface area contributed by atoms with Crippen LogP contribution in [0.2, 0.25) is 0 Å². The second-order valence-electron chi connectivity index (χ2n) is 6.15. The van der Waals surface area contributed by atoms with Crippen molar-refractivity contribution in [1.29, 1.82) is 0 Å². The summed E-state index contributed by atoms with van der Waals surface area (Å²) in [5.74, 6) is 0.699. The predicted molar refractivity (Wildman–Crippen MR) is 108 cm³/mol. The summed E-state index contributed by atoms with van der Waals surface area (Å²) in [6, 6.07) is 17.5. The Morgan fingerprint density at radius 2 is 2.04 bits per heavy atom. The standard InChI is InChI=1S/C21H19N3O2S/c1-26-18-9-5-8-16(12-18)22-20(25)11-10-17-14-27-21-23-19(13-24(17)21)15-6-3-2-4-7-15/h2-9,12-14H,10-11H2,1H3,(H,22,25). The lowest BCUT2D eigenvalue weighted by atomic mass is 10.2. The third kappa shape index (κ3) is 3.85. The number of rotatable bonds is 6. The molecule has 0 unspecified atom stereocenters. The second kappa shape index (κ2) is 7.63. The van der Waals surface area contributed by atoms with E-state index in [-0.39, 0.29) is 5.91 Å². The number of hydrogen-bond acceptors (Lipinski definition) is 4. The summed E-state index contributed by atoms with van der Waals surface area (Å²) in [4.78, 5) is 17.9. The number of carbonyl (C=O) groups is 1. The molecule has 2 heterocycles. The molecule has 2 aromatic heterocycles. The topological polar surface area (TPSA) is 55.6 Å². The van der Waals surface area contributed by atoms with Gasteiger partial charge in [0, 0.05) is 41.0 Å². The third-order valence-electron chi connectivity index (χ3n) is 4.31. The highest BCUT2D eigenvalue weighted by molar-refractivity contribution is 7.15. The van der Waals surface area contributed by atoms with Gasteiger partial charge in [-0.3, -0.25) is 9.20 Å². The van der Waals surface area contributed by atoms with Crippen molar-refractivity contribution in [3.05, 3.63) is 71.9 Å². The fourth-order valence-electron chi connectivity index (χ4n) is 2.92. The number of anilines is 1. The van der Waals surface area contributed by atoms with E-state index >= 15 is 0 Å². The fraction of sp³-hybridized carbons (Fsp3) is 0.143. The largest absolute Gasteiger partial charge is 0.497 e. The van der Waals surface area contributed by atoms with Crippen LogP contribution in [0, 0.1) is 0 Å². The van der Waals surface area contributed by atoms with Crippen molar-refractivity contribution in [2.24, 2.45) is 0 Å². The molecule has 1 N–H and O–H groups in total. The van der Waals surface area contributed by atoms with Crippen molar-refractivity contribution in [3.63, 3.8) is 0 Å². The molecule has 0 radical (unpaired) electrons. The lowest BCUT2D eigenvalue weighted by Gasteiger charge is -2.06. The number of nitrogens with one attached hydrogen (secondary N) is 1. The van der Waals surface area contributed by atoms with E-state index in [1.807, 2.05) is 60.8 Å². The molecule has 0 fully saturated rings. The lowest BCUT2D eigenvalue weighted by Crippen LogP contribution is -2.12. The van der Waals surface area contributed by atoms with Crippen LogP contribution in [0.25, 0.3) is 16.2 Å². The first-order valence-electron chi connectivity index (χ1n) is 8.68. The van der Waals surface area contributed by atoms with E-state index in [2.05, 4.69) is 20.1 Å².